The highest BCUT2D eigenvalue weighted by atomic mass is 79.9. The van der Waals surface area contributed by atoms with Crippen molar-refractivity contribution in [3.63, 3.8) is 0 Å². The van der Waals surface area contributed by atoms with Crippen molar-refractivity contribution in [2.45, 2.75) is 10.7 Å². The van der Waals surface area contributed by atoms with Gasteiger partial charge in [0, 0.05) is 9.37 Å². The summed E-state index contributed by atoms with van der Waals surface area (Å²) in [5.41, 5.74) is 0.378. The third-order valence-electron chi connectivity index (χ3n) is 2.22. The van der Waals surface area contributed by atoms with Crippen LogP contribution in [0.2, 0.25) is 0 Å². The first-order valence-electron chi connectivity index (χ1n) is 5.27. The quantitative estimate of drug-likeness (QED) is 0.602. The molecule has 2 aromatic rings. The van der Waals surface area contributed by atoms with Crippen LogP contribution < -0.4 is 5.32 Å². The van der Waals surface area contributed by atoms with Crippen molar-refractivity contribution in [2.75, 3.05) is 5.32 Å². The normalized spacial score (nSPS) is 10.8. The lowest BCUT2D eigenvalue weighted by molar-refractivity contribution is 0.103. The van der Waals surface area contributed by atoms with Crippen LogP contribution in [0.25, 0.3) is 0 Å². The summed E-state index contributed by atoms with van der Waals surface area (Å²) >= 11 is 8.27. The number of nitrogens with one attached hydrogen (secondary N) is 1. The molecule has 1 N–H and O–H groups in total. The molecule has 0 saturated carbocycles. The van der Waals surface area contributed by atoms with Crippen LogP contribution in [-0.2, 0) is 0 Å². The smallest absolute Gasteiger partial charge is 0.288 e. The topological polar surface area (TPSA) is 29.1 Å². The number of alkyl halides is 2. The lowest BCUT2D eigenvalue weighted by atomic mass is 10.3. The minimum atomic E-state index is -2.53. The molecule has 1 amide bonds. The molecule has 0 saturated heterocycles. The van der Waals surface area contributed by atoms with Gasteiger partial charge in [-0.05, 0) is 50.1 Å². The molecule has 20 heavy (non-hydrogen) atoms. The van der Waals surface area contributed by atoms with Crippen LogP contribution in [0.1, 0.15) is 9.67 Å². The number of thiophene rings is 1. The number of benzene rings is 1. The zero-order chi connectivity index (χ0) is 14.7. The SMILES string of the molecule is O=C(Nc1ccccc1SC(F)F)c1cc(Br)c(Br)s1. The van der Waals surface area contributed by atoms with Crippen LogP contribution in [0.15, 0.2) is 43.5 Å². The lowest BCUT2D eigenvalue weighted by Crippen LogP contribution is -2.10. The highest BCUT2D eigenvalue weighted by molar-refractivity contribution is 9.13. The number of carbonyl (C=O) groups is 1. The minimum absolute atomic E-state index is 0.330. The summed E-state index contributed by atoms with van der Waals surface area (Å²) in [5.74, 6) is -2.86. The first kappa shape index (κ1) is 15.9. The zero-order valence-corrected chi connectivity index (χ0v) is 14.5. The van der Waals surface area contributed by atoms with E-state index in [2.05, 4.69) is 37.2 Å². The zero-order valence-electron chi connectivity index (χ0n) is 9.70. The summed E-state index contributed by atoms with van der Waals surface area (Å²) in [6.45, 7) is 0. The number of carbonyl (C=O) groups excluding carboxylic acids is 1. The van der Waals surface area contributed by atoms with Crippen molar-refractivity contribution in [1.82, 2.24) is 0 Å². The van der Waals surface area contributed by atoms with Crippen LogP contribution >= 0.6 is 55.0 Å². The van der Waals surface area contributed by atoms with Gasteiger partial charge >= 0.3 is 0 Å². The molecule has 0 unspecified atom stereocenters. The van der Waals surface area contributed by atoms with Crippen molar-refractivity contribution in [3.8, 4) is 0 Å². The van der Waals surface area contributed by atoms with Crippen LogP contribution in [0.4, 0.5) is 14.5 Å². The van der Waals surface area contributed by atoms with E-state index in [0.29, 0.717) is 27.2 Å². The number of para-hydroxylation sites is 1. The molecule has 0 atom stereocenters. The second kappa shape index (κ2) is 7.02. The largest absolute Gasteiger partial charge is 0.320 e. The molecule has 0 bridgehead atoms. The first-order chi connectivity index (χ1) is 9.47. The highest BCUT2D eigenvalue weighted by Crippen LogP contribution is 2.34. The molecule has 0 aliphatic heterocycles. The molecule has 0 radical (unpaired) electrons. The Balaban J connectivity index is 2.19. The van der Waals surface area contributed by atoms with Gasteiger partial charge in [0.1, 0.15) is 0 Å². The van der Waals surface area contributed by atoms with E-state index in [1.54, 1.807) is 30.3 Å². The molecule has 0 aliphatic rings. The number of halogens is 4. The van der Waals surface area contributed by atoms with E-state index in [0.717, 1.165) is 8.26 Å². The van der Waals surface area contributed by atoms with Crippen molar-refractivity contribution < 1.29 is 13.6 Å². The fourth-order valence-corrected chi connectivity index (χ4v) is 3.94. The average molecular weight is 443 g/mol. The van der Waals surface area contributed by atoms with Gasteiger partial charge in [-0.3, -0.25) is 4.79 Å². The number of rotatable bonds is 4. The Morgan fingerprint density at radius 2 is 2.00 bits per heavy atom. The van der Waals surface area contributed by atoms with E-state index in [1.807, 2.05) is 0 Å². The summed E-state index contributed by atoms with van der Waals surface area (Å²) in [6.07, 6.45) is 0. The van der Waals surface area contributed by atoms with E-state index < -0.39 is 5.76 Å². The maximum absolute atomic E-state index is 12.5. The second-order valence-corrected chi connectivity index (χ2v) is 7.82. The Labute approximate surface area is 139 Å². The molecule has 0 fully saturated rings. The van der Waals surface area contributed by atoms with Crippen molar-refractivity contribution >= 4 is 66.6 Å². The summed E-state index contributed by atoms with van der Waals surface area (Å²) in [4.78, 5) is 12.9. The number of amides is 1. The third kappa shape index (κ3) is 4.03. The molecule has 2 rings (SSSR count). The summed E-state index contributed by atoms with van der Waals surface area (Å²) < 4.78 is 26.5. The second-order valence-electron chi connectivity index (χ2n) is 3.56. The summed E-state index contributed by atoms with van der Waals surface area (Å²) in [7, 11) is 0. The number of anilines is 1. The van der Waals surface area contributed by atoms with E-state index >= 15 is 0 Å². The van der Waals surface area contributed by atoms with Gasteiger partial charge in [-0.25, -0.2) is 0 Å². The number of thioether (sulfide) groups is 1. The molecule has 1 aromatic carbocycles. The van der Waals surface area contributed by atoms with Crippen molar-refractivity contribution in [1.29, 1.82) is 0 Å². The molecule has 2 nitrogen and oxygen atoms in total. The molecule has 106 valence electrons. The Kier molecular flexibility index (Phi) is 5.59. The van der Waals surface area contributed by atoms with Crippen LogP contribution in [0.5, 0.6) is 0 Å². The van der Waals surface area contributed by atoms with Crippen LogP contribution in [0.3, 0.4) is 0 Å². The van der Waals surface area contributed by atoms with Gasteiger partial charge in [-0.1, -0.05) is 23.9 Å². The van der Waals surface area contributed by atoms with Gasteiger partial charge in [-0.2, -0.15) is 8.78 Å². The number of hydrogen-bond acceptors (Lipinski definition) is 3. The monoisotopic (exact) mass is 441 g/mol. The molecular formula is C12H7Br2F2NOS2. The first-order valence-corrected chi connectivity index (χ1v) is 8.55. The molecule has 0 spiro atoms. The van der Waals surface area contributed by atoms with Crippen molar-refractivity contribution in [2.24, 2.45) is 0 Å². The maximum Gasteiger partial charge on any atom is 0.288 e. The fourth-order valence-electron chi connectivity index (χ4n) is 1.41. The molecule has 8 heteroatoms. The van der Waals surface area contributed by atoms with Gasteiger partial charge in [-0.15, -0.1) is 11.3 Å². The predicted octanol–water partition coefficient (Wildman–Crippen LogP) is 5.84. The average Bonchev–Trinajstić information content (AvgIpc) is 2.71. The van der Waals surface area contributed by atoms with Gasteiger partial charge in [0.25, 0.3) is 11.7 Å². The minimum Gasteiger partial charge on any atom is -0.320 e. The van der Waals surface area contributed by atoms with Gasteiger partial charge in [0.2, 0.25) is 0 Å². The Morgan fingerprint density at radius 3 is 2.60 bits per heavy atom. The van der Waals surface area contributed by atoms with E-state index in [1.165, 1.54) is 11.3 Å². The van der Waals surface area contributed by atoms with Gasteiger partial charge in [0.15, 0.2) is 0 Å². The van der Waals surface area contributed by atoms with E-state index in [4.69, 9.17) is 0 Å². The molecule has 1 heterocycles. The Hall–Kier alpha value is -0.440. The van der Waals surface area contributed by atoms with Crippen molar-refractivity contribution in [3.05, 3.63) is 43.5 Å². The Bertz CT molecular complexity index is 614. The Morgan fingerprint density at radius 1 is 1.30 bits per heavy atom. The van der Waals surface area contributed by atoms with Crippen LogP contribution in [0, 0.1) is 0 Å². The third-order valence-corrected chi connectivity index (χ3v) is 6.26. The van der Waals surface area contributed by atoms with Gasteiger partial charge < -0.3 is 5.32 Å². The summed E-state index contributed by atoms with van der Waals surface area (Å²) in [5, 5.41) is 2.65. The number of hydrogen-bond donors (Lipinski definition) is 1. The standard InChI is InChI=1S/C12H7Br2F2NOS2/c13-6-5-9(19-10(6)14)11(18)17-7-3-1-2-4-8(7)20-12(15)16/h1-5,12H,(H,17,18). The molecule has 1 aromatic heterocycles. The lowest BCUT2D eigenvalue weighted by Gasteiger charge is -2.09. The fraction of sp³-hybridized carbons (Fsp3) is 0.0833. The maximum atomic E-state index is 12.5. The molecular weight excluding hydrogens is 436 g/mol. The summed E-state index contributed by atoms with van der Waals surface area (Å²) in [6, 6.07) is 8.16. The predicted molar refractivity (Wildman–Crippen MR) is 86.0 cm³/mol. The van der Waals surface area contributed by atoms with Crippen LogP contribution in [-0.4, -0.2) is 11.7 Å². The van der Waals surface area contributed by atoms with Gasteiger partial charge in [0.05, 0.1) is 14.4 Å². The van der Waals surface area contributed by atoms with E-state index in [9.17, 15) is 13.6 Å². The van der Waals surface area contributed by atoms with E-state index in [-0.39, 0.29) is 5.91 Å². The molecule has 0 aliphatic carbocycles. The highest BCUT2D eigenvalue weighted by Gasteiger charge is 2.15.